The van der Waals surface area contributed by atoms with Crippen LogP contribution < -0.4 is 0 Å². The number of fused-ring (bicyclic) bond motifs is 15. The Labute approximate surface area is 411 Å². The van der Waals surface area contributed by atoms with Gasteiger partial charge >= 0.3 is 0 Å². The molecular weight excluding hydrogens is 841 g/mol. The Morgan fingerprint density at radius 3 is 1.43 bits per heavy atom. The lowest BCUT2D eigenvalue weighted by molar-refractivity contribution is 0.658. The summed E-state index contributed by atoms with van der Waals surface area (Å²) in [6.07, 6.45) is 0.901. The Morgan fingerprint density at radius 1 is 0.314 bits per heavy atom. The Balaban J connectivity index is 0.867. The SMILES string of the molecule is CC1(C)c2cc(CC(c3ccc(-c4ccccc4)cc3)c3ccc(-c4ccccc4)cc3)ccc2-c2ccc(-c3cccc4c3-c3c(ccc5ccccc35)C43c4ccccc4-c4ccccc43)cc21. The minimum absolute atomic E-state index is 0.187. The molecule has 330 valence electrons. The van der Waals surface area contributed by atoms with Crippen LogP contribution in [0.1, 0.15) is 69.8 Å². The predicted molar refractivity (Wildman–Crippen MR) is 293 cm³/mol. The third-order valence-corrected chi connectivity index (χ3v) is 16.3. The quantitative estimate of drug-likeness (QED) is 0.150. The summed E-state index contributed by atoms with van der Waals surface area (Å²) in [7, 11) is 0. The van der Waals surface area contributed by atoms with Gasteiger partial charge in [0.25, 0.3) is 0 Å². The lowest BCUT2D eigenvalue weighted by Gasteiger charge is -2.30. The molecule has 0 saturated heterocycles. The smallest absolute Gasteiger partial charge is 0.0622 e. The summed E-state index contributed by atoms with van der Waals surface area (Å²) in [6.45, 7) is 4.87. The Kier molecular flexibility index (Phi) is 9.08. The summed E-state index contributed by atoms with van der Waals surface area (Å²) in [5.74, 6) is 0.187. The lowest BCUT2D eigenvalue weighted by atomic mass is 9.70. The first-order chi connectivity index (χ1) is 34.5. The summed E-state index contributed by atoms with van der Waals surface area (Å²) >= 11 is 0. The minimum atomic E-state index is -0.410. The molecule has 1 spiro atoms. The topological polar surface area (TPSA) is 0 Å². The Bertz CT molecular complexity index is 3720. The first kappa shape index (κ1) is 40.7. The second-order valence-electron chi connectivity index (χ2n) is 20.3. The molecule has 0 saturated carbocycles. The van der Waals surface area contributed by atoms with Crippen molar-refractivity contribution in [2.45, 2.75) is 37.0 Å². The van der Waals surface area contributed by atoms with Gasteiger partial charge in [0, 0.05) is 11.3 Å². The van der Waals surface area contributed by atoms with Crippen molar-refractivity contribution in [3.63, 3.8) is 0 Å². The van der Waals surface area contributed by atoms with Crippen LogP contribution in [0.5, 0.6) is 0 Å². The largest absolute Gasteiger partial charge is 0.0725 e. The molecule has 0 N–H and O–H groups in total. The van der Waals surface area contributed by atoms with E-state index in [0.29, 0.717) is 0 Å². The van der Waals surface area contributed by atoms with Gasteiger partial charge in [0.15, 0.2) is 0 Å². The Hall–Kier alpha value is -8.32. The second kappa shape index (κ2) is 15.6. The van der Waals surface area contributed by atoms with Crippen molar-refractivity contribution >= 4 is 10.8 Å². The Morgan fingerprint density at radius 2 is 0.786 bits per heavy atom. The van der Waals surface area contributed by atoms with Crippen molar-refractivity contribution < 1.29 is 0 Å². The maximum atomic E-state index is 2.53. The van der Waals surface area contributed by atoms with Crippen LogP contribution in [0.3, 0.4) is 0 Å². The minimum Gasteiger partial charge on any atom is -0.0622 e. The van der Waals surface area contributed by atoms with E-state index in [1.807, 2.05) is 0 Å². The van der Waals surface area contributed by atoms with E-state index in [2.05, 4.69) is 263 Å². The average Bonchev–Trinajstić information content (AvgIpc) is 3.99. The highest BCUT2D eigenvalue weighted by atomic mass is 14.5. The second-order valence-corrected chi connectivity index (χ2v) is 20.3. The standard InChI is InChI=1S/C70H50/c1-69(2)65-43-45(42-60(51-33-29-48(30-34-51)46-16-5-3-6-17-46)52-35-31-49(32-36-52)47-18-7-4-8-19-47)28-39-58(65)59-40-37-53(44-66(59)69)55-24-15-27-63-68(55)67-54-21-10-9-20-50(54)38-41-64(67)70(63)61-25-13-11-22-56(61)57-23-12-14-26-62(57)70/h3-41,43-44,60H,42H2,1-2H3. The molecule has 0 heterocycles. The van der Waals surface area contributed by atoms with Gasteiger partial charge in [-0.1, -0.05) is 257 Å². The number of rotatable bonds is 7. The zero-order valence-electron chi connectivity index (χ0n) is 39.5. The van der Waals surface area contributed by atoms with E-state index in [1.54, 1.807) is 0 Å². The van der Waals surface area contributed by atoms with Crippen molar-refractivity contribution in [1.29, 1.82) is 0 Å². The molecule has 3 aliphatic carbocycles. The van der Waals surface area contributed by atoms with Crippen LogP contribution in [-0.4, -0.2) is 0 Å². The first-order valence-electron chi connectivity index (χ1n) is 24.9. The molecule has 0 aromatic heterocycles. The molecule has 0 heteroatoms. The average molecular weight is 891 g/mol. The van der Waals surface area contributed by atoms with Crippen LogP contribution in [0.2, 0.25) is 0 Å². The highest BCUT2D eigenvalue weighted by molar-refractivity contribution is 6.09. The third-order valence-electron chi connectivity index (χ3n) is 16.3. The van der Waals surface area contributed by atoms with Crippen LogP contribution in [0.25, 0.3) is 77.5 Å². The van der Waals surface area contributed by atoms with Crippen LogP contribution in [0, 0.1) is 0 Å². The van der Waals surface area contributed by atoms with E-state index in [4.69, 9.17) is 0 Å². The molecule has 0 atom stereocenters. The van der Waals surface area contributed by atoms with Gasteiger partial charge in [-0.25, -0.2) is 0 Å². The van der Waals surface area contributed by atoms with Crippen LogP contribution in [0.15, 0.2) is 249 Å². The van der Waals surface area contributed by atoms with Gasteiger partial charge in [0.05, 0.1) is 5.41 Å². The highest BCUT2D eigenvalue weighted by Crippen LogP contribution is 2.65. The maximum absolute atomic E-state index is 2.53. The van der Waals surface area contributed by atoms with E-state index in [-0.39, 0.29) is 11.3 Å². The normalized spacial score (nSPS) is 14.0. The van der Waals surface area contributed by atoms with Crippen molar-refractivity contribution in [2.75, 3.05) is 0 Å². The van der Waals surface area contributed by atoms with Crippen molar-refractivity contribution in [3.05, 3.63) is 299 Å². The summed E-state index contributed by atoms with van der Waals surface area (Å²) in [5.41, 5.74) is 27.3. The zero-order valence-corrected chi connectivity index (χ0v) is 39.5. The van der Waals surface area contributed by atoms with E-state index in [1.165, 1.54) is 128 Å². The molecule has 14 rings (SSSR count). The zero-order chi connectivity index (χ0) is 46.6. The molecule has 0 unspecified atom stereocenters. The van der Waals surface area contributed by atoms with Gasteiger partial charge in [-0.2, -0.15) is 0 Å². The molecule has 11 aromatic carbocycles. The van der Waals surface area contributed by atoms with Crippen LogP contribution >= 0.6 is 0 Å². The fourth-order valence-corrected chi connectivity index (χ4v) is 13.0. The molecule has 0 aliphatic heterocycles. The van der Waals surface area contributed by atoms with Gasteiger partial charge in [0.1, 0.15) is 0 Å². The van der Waals surface area contributed by atoms with Gasteiger partial charge < -0.3 is 0 Å². The molecule has 0 bridgehead atoms. The molecular formula is C70H50. The molecule has 0 fully saturated rings. The summed E-state index contributed by atoms with van der Waals surface area (Å²) in [6, 6.07) is 93.8. The molecule has 0 radical (unpaired) electrons. The van der Waals surface area contributed by atoms with Gasteiger partial charge in [-0.15, -0.1) is 0 Å². The van der Waals surface area contributed by atoms with Gasteiger partial charge in [-0.3, -0.25) is 0 Å². The highest BCUT2D eigenvalue weighted by Gasteiger charge is 2.52. The molecule has 3 aliphatic rings. The fourth-order valence-electron chi connectivity index (χ4n) is 13.0. The van der Waals surface area contributed by atoms with E-state index < -0.39 is 5.41 Å². The van der Waals surface area contributed by atoms with Gasteiger partial charge in [-0.05, 0) is 140 Å². The number of hydrogen-bond donors (Lipinski definition) is 0. The number of benzene rings is 11. The molecule has 0 nitrogen and oxygen atoms in total. The summed E-state index contributed by atoms with van der Waals surface area (Å²) in [4.78, 5) is 0. The summed E-state index contributed by atoms with van der Waals surface area (Å²) in [5, 5.41) is 2.59. The maximum Gasteiger partial charge on any atom is 0.0725 e. The van der Waals surface area contributed by atoms with E-state index in [9.17, 15) is 0 Å². The van der Waals surface area contributed by atoms with Crippen molar-refractivity contribution in [3.8, 4) is 66.8 Å². The lowest BCUT2D eigenvalue weighted by Crippen LogP contribution is -2.25. The van der Waals surface area contributed by atoms with Crippen LogP contribution in [0.4, 0.5) is 0 Å². The van der Waals surface area contributed by atoms with Crippen LogP contribution in [-0.2, 0) is 17.3 Å². The molecule has 70 heavy (non-hydrogen) atoms. The fraction of sp³-hybridized carbons (Fsp3) is 0.0857. The predicted octanol–water partition coefficient (Wildman–Crippen LogP) is 17.9. The van der Waals surface area contributed by atoms with E-state index >= 15 is 0 Å². The monoisotopic (exact) mass is 890 g/mol. The van der Waals surface area contributed by atoms with E-state index in [0.717, 1.165) is 6.42 Å². The molecule has 0 amide bonds. The third kappa shape index (κ3) is 5.96. The van der Waals surface area contributed by atoms with Crippen molar-refractivity contribution in [2.24, 2.45) is 0 Å². The summed E-state index contributed by atoms with van der Waals surface area (Å²) < 4.78 is 0. The first-order valence-corrected chi connectivity index (χ1v) is 24.9. The van der Waals surface area contributed by atoms with Crippen molar-refractivity contribution in [1.82, 2.24) is 0 Å². The molecule has 11 aromatic rings. The van der Waals surface area contributed by atoms with Gasteiger partial charge in [0.2, 0.25) is 0 Å². The number of hydrogen-bond acceptors (Lipinski definition) is 0.